The van der Waals surface area contributed by atoms with Gasteiger partial charge in [-0.3, -0.25) is 0 Å². The first-order valence-electron chi connectivity index (χ1n) is 3.99. The highest BCUT2D eigenvalue weighted by Gasteiger charge is 2.05. The summed E-state index contributed by atoms with van der Waals surface area (Å²) < 4.78 is 2.03. The first-order valence-corrected chi connectivity index (χ1v) is 3.99. The van der Waals surface area contributed by atoms with Crippen molar-refractivity contribution >= 4 is 10.9 Å². The second kappa shape index (κ2) is 2.55. The Labute approximate surface area is 71.5 Å². The van der Waals surface area contributed by atoms with Crippen molar-refractivity contribution in [3.05, 3.63) is 36.3 Å². The lowest BCUT2D eigenvalue weighted by molar-refractivity contribution is -0.679. The van der Waals surface area contributed by atoms with E-state index in [1.165, 1.54) is 11.1 Å². The van der Waals surface area contributed by atoms with E-state index < -0.39 is 0 Å². The number of aryl methyl sites for hydroxylation is 2. The number of aromatic nitrogens is 2. The predicted molar refractivity (Wildman–Crippen MR) is 47.7 cm³/mol. The van der Waals surface area contributed by atoms with Gasteiger partial charge in [0.05, 0.1) is 12.4 Å². The van der Waals surface area contributed by atoms with Gasteiger partial charge in [0, 0.05) is 0 Å². The summed E-state index contributed by atoms with van der Waals surface area (Å²) in [5.41, 5.74) is 2.31. The molecule has 2 nitrogen and oxygen atoms in total. The molecule has 0 radical (unpaired) electrons. The maximum absolute atomic E-state index is 4.30. The number of para-hydroxylation sites is 1. The first kappa shape index (κ1) is 7.22. The van der Waals surface area contributed by atoms with Crippen LogP contribution in [-0.4, -0.2) is 4.98 Å². The van der Waals surface area contributed by atoms with Crippen molar-refractivity contribution in [2.75, 3.05) is 0 Å². The van der Waals surface area contributed by atoms with Gasteiger partial charge in [-0.05, 0) is 24.0 Å². The molecule has 0 aliphatic heterocycles. The summed E-state index contributed by atoms with van der Waals surface area (Å²) in [6, 6.07) is 8.17. The second-order valence-corrected chi connectivity index (χ2v) is 2.96. The smallest absolute Gasteiger partial charge is 0.237 e. The maximum Gasteiger partial charge on any atom is 0.286 e. The number of nitrogens with zero attached hydrogens (tertiary/aromatic N) is 2. The van der Waals surface area contributed by atoms with E-state index in [9.17, 15) is 0 Å². The van der Waals surface area contributed by atoms with Crippen LogP contribution in [0.25, 0.3) is 10.9 Å². The van der Waals surface area contributed by atoms with Crippen LogP contribution in [0.3, 0.4) is 0 Å². The van der Waals surface area contributed by atoms with Gasteiger partial charge in [-0.15, -0.1) is 0 Å². The monoisotopic (exact) mass is 159 g/mol. The van der Waals surface area contributed by atoms with Crippen molar-refractivity contribution < 1.29 is 4.57 Å². The van der Waals surface area contributed by atoms with Crippen LogP contribution in [-0.2, 0) is 7.05 Å². The molecule has 0 atom stereocenters. The summed E-state index contributed by atoms with van der Waals surface area (Å²) in [4.78, 5) is 4.30. The molecular formula is C10H11N2+. The Hall–Kier alpha value is -1.44. The molecule has 0 N–H and O–H groups in total. The van der Waals surface area contributed by atoms with Crippen molar-refractivity contribution in [2.24, 2.45) is 7.05 Å². The molecule has 0 fully saturated rings. The van der Waals surface area contributed by atoms with E-state index in [0.29, 0.717) is 0 Å². The highest BCUT2D eigenvalue weighted by Crippen LogP contribution is 2.10. The molecule has 1 heterocycles. The average molecular weight is 159 g/mol. The Morgan fingerprint density at radius 1 is 1.25 bits per heavy atom. The summed E-state index contributed by atoms with van der Waals surface area (Å²) in [5.74, 6) is 0. The van der Waals surface area contributed by atoms with Crippen LogP contribution in [0.2, 0.25) is 0 Å². The molecule has 0 aliphatic carbocycles. The quantitative estimate of drug-likeness (QED) is 0.530. The number of fused-ring (bicyclic) bond motifs is 1. The van der Waals surface area contributed by atoms with Gasteiger partial charge in [0.1, 0.15) is 5.69 Å². The first-order chi connectivity index (χ1) is 5.79. The highest BCUT2D eigenvalue weighted by atomic mass is 15.0. The molecule has 2 aromatic rings. The normalized spacial score (nSPS) is 10.5. The predicted octanol–water partition coefficient (Wildman–Crippen LogP) is 1.37. The van der Waals surface area contributed by atoms with Crippen molar-refractivity contribution in [3.8, 4) is 0 Å². The molecule has 0 bridgehead atoms. The van der Waals surface area contributed by atoms with Crippen molar-refractivity contribution in [3.63, 3.8) is 0 Å². The van der Waals surface area contributed by atoms with E-state index in [0.717, 1.165) is 5.52 Å². The van der Waals surface area contributed by atoms with Crippen molar-refractivity contribution in [1.82, 2.24) is 4.98 Å². The van der Waals surface area contributed by atoms with Gasteiger partial charge in [0.15, 0.2) is 5.52 Å². The van der Waals surface area contributed by atoms with E-state index in [4.69, 9.17) is 0 Å². The molecule has 1 aromatic heterocycles. The van der Waals surface area contributed by atoms with Gasteiger partial charge in [0.2, 0.25) is 0 Å². The zero-order chi connectivity index (χ0) is 8.55. The Bertz CT molecular complexity index is 421. The average Bonchev–Trinajstić information content (AvgIpc) is 2.12. The van der Waals surface area contributed by atoms with Crippen LogP contribution < -0.4 is 4.57 Å². The summed E-state index contributed by atoms with van der Waals surface area (Å²) >= 11 is 0. The Morgan fingerprint density at radius 2 is 2.00 bits per heavy atom. The summed E-state index contributed by atoms with van der Waals surface area (Å²) in [5, 5.41) is 1.22. The summed E-state index contributed by atoms with van der Waals surface area (Å²) in [6.07, 6.45) is 1.84. The molecule has 0 unspecified atom stereocenters. The zero-order valence-corrected chi connectivity index (χ0v) is 7.28. The van der Waals surface area contributed by atoms with Crippen LogP contribution in [0.15, 0.2) is 30.6 Å². The number of hydrogen-bond acceptors (Lipinski definition) is 1. The van der Waals surface area contributed by atoms with Gasteiger partial charge in [-0.25, -0.2) is 4.57 Å². The number of rotatable bonds is 0. The van der Waals surface area contributed by atoms with Gasteiger partial charge < -0.3 is 0 Å². The van der Waals surface area contributed by atoms with E-state index in [1.54, 1.807) is 0 Å². The van der Waals surface area contributed by atoms with E-state index in [-0.39, 0.29) is 0 Å². The topological polar surface area (TPSA) is 16.8 Å². The molecule has 0 saturated carbocycles. The molecule has 2 heteroatoms. The molecule has 0 spiro atoms. The largest absolute Gasteiger partial charge is 0.286 e. The van der Waals surface area contributed by atoms with E-state index in [2.05, 4.69) is 18.0 Å². The van der Waals surface area contributed by atoms with Crippen LogP contribution in [0, 0.1) is 6.92 Å². The fourth-order valence-electron chi connectivity index (χ4n) is 1.32. The third-order valence-electron chi connectivity index (χ3n) is 2.19. The Balaban J connectivity index is 2.91. The van der Waals surface area contributed by atoms with Gasteiger partial charge in [0.25, 0.3) is 6.33 Å². The Morgan fingerprint density at radius 3 is 2.83 bits per heavy atom. The van der Waals surface area contributed by atoms with Crippen LogP contribution in [0.5, 0.6) is 0 Å². The summed E-state index contributed by atoms with van der Waals surface area (Å²) in [7, 11) is 2.01. The summed E-state index contributed by atoms with van der Waals surface area (Å²) in [6.45, 7) is 2.10. The molecule has 12 heavy (non-hydrogen) atoms. The molecule has 0 saturated heterocycles. The number of hydrogen-bond donors (Lipinski definition) is 0. The van der Waals surface area contributed by atoms with E-state index in [1.807, 2.05) is 36.1 Å². The second-order valence-electron chi connectivity index (χ2n) is 2.96. The SMILES string of the molecule is Cc1c2ccccc2nc[n+]1C. The molecule has 2 rings (SSSR count). The molecular weight excluding hydrogens is 148 g/mol. The third-order valence-corrected chi connectivity index (χ3v) is 2.19. The third kappa shape index (κ3) is 0.961. The van der Waals surface area contributed by atoms with Gasteiger partial charge in [-0.1, -0.05) is 12.1 Å². The molecule has 60 valence electrons. The molecule has 0 aliphatic rings. The highest BCUT2D eigenvalue weighted by molar-refractivity contribution is 5.79. The lowest BCUT2D eigenvalue weighted by atomic mass is 10.2. The van der Waals surface area contributed by atoms with Crippen LogP contribution in [0.4, 0.5) is 0 Å². The molecule has 0 amide bonds. The van der Waals surface area contributed by atoms with Crippen LogP contribution >= 0.6 is 0 Å². The minimum Gasteiger partial charge on any atom is -0.237 e. The lowest BCUT2D eigenvalue weighted by Gasteiger charge is -1.97. The van der Waals surface area contributed by atoms with E-state index >= 15 is 0 Å². The maximum atomic E-state index is 4.30. The minimum atomic E-state index is 1.06. The fraction of sp³-hybridized carbons (Fsp3) is 0.200. The fourth-order valence-corrected chi connectivity index (χ4v) is 1.32. The van der Waals surface area contributed by atoms with Crippen LogP contribution in [0.1, 0.15) is 5.69 Å². The molecule has 1 aromatic carbocycles. The zero-order valence-electron chi connectivity index (χ0n) is 7.28. The Kier molecular flexibility index (Phi) is 1.54. The lowest BCUT2D eigenvalue weighted by Crippen LogP contribution is -2.32. The standard InChI is InChI=1S/C10H11N2/c1-8-9-5-3-4-6-10(9)11-7-12(8)2/h3-7H,1-2H3/q+1. The minimum absolute atomic E-state index is 1.06. The van der Waals surface area contributed by atoms with Gasteiger partial charge in [-0.2, -0.15) is 0 Å². The van der Waals surface area contributed by atoms with Gasteiger partial charge >= 0.3 is 0 Å². The van der Waals surface area contributed by atoms with Crippen molar-refractivity contribution in [1.29, 1.82) is 0 Å². The number of benzene rings is 1. The van der Waals surface area contributed by atoms with Crippen molar-refractivity contribution in [2.45, 2.75) is 6.92 Å².